The summed E-state index contributed by atoms with van der Waals surface area (Å²) in [6.45, 7) is 2.59. The number of esters is 1. The Morgan fingerprint density at radius 1 is 0.778 bits per heavy atom. The summed E-state index contributed by atoms with van der Waals surface area (Å²) in [5.74, 6) is -1.42. The molecule has 0 spiro atoms. The summed E-state index contributed by atoms with van der Waals surface area (Å²) in [5.41, 5.74) is 1.67. The molecular formula is C23H28O4. The van der Waals surface area contributed by atoms with Crippen molar-refractivity contribution in [3.8, 4) is 11.1 Å². The Kier molecular flexibility index (Phi) is 8.56. The topological polar surface area (TPSA) is 63.6 Å². The van der Waals surface area contributed by atoms with E-state index in [1.165, 1.54) is 32.1 Å². The maximum Gasteiger partial charge on any atom is 0.338 e. The highest BCUT2D eigenvalue weighted by Gasteiger charge is 2.18. The number of carbonyl (C=O) groups is 2. The number of aromatic carboxylic acids is 1. The SMILES string of the molecule is CCCCCCCCCOC(=O)c1ccccc1-c1ccccc1C(=O)O. The van der Waals surface area contributed by atoms with Crippen LogP contribution in [0.2, 0.25) is 0 Å². The van der Waals surface area contributed by atoms with E-state index in [4.69, 9.17) is 4.74 Å². The summed E-state index contributed by atoms with van der Waals surface area (Å²) in [7, 11) is 0. The molecule has 0 saturated carbocycles. The maximum atomic E-state index is 12.5. The Morgan fingerprint density at radius 3 is 1.93 bits per heavy atom. The van der Waals surface area contributed by atoms with Gasteiger partial charge in [0.15, 0.2) is 0 Å². The molecule has 0 aliphatic rings. The fraction of sp³-hybridized carbons (Fsp3) is 0.391. The molecule has 144 valence electrons. The van der Waals surface area contributed by atoms with Crippen LogP contribution >= 0.6 is 0 Å². The highest BCUT2D eigenvalue weighted by Crippen LogP contribution is 2.28. The number of carboxylic acid groups (broad SMARTS) is 1. The Hall–Kier alpha value is -2.62. The predicted molar refractivity (Wildman–Crippen MR) is 107 cm³/mol. The largest absolute Gasteiger partial charge is 0.478 e. The van der Waals surface area contributed by atoms with E-state index in [0.29, 0.717) is 23.3 Å². The Balaban J connectivity index is 1.98. The van der Waals surface area contributed by atoms with Crippen LogP contribution in [0.4, 0.5) is 0 Å². The van der Waals surface area contributed by atoms with Crippen LogP contribution in [0.3, 0.4) is 0 Å². The molecule has 2 rings (SSSR count). The molecule has 0 aliphatic carbocycles. The average Bonchev–Trinajstić information content (AvgIpc) is 2.69. The van der Waals surface area contributed by atoms with Gasteiger partial charge < -0.3 is 9.84 Å². The first-order chi connectivity index (χ1) is 13.1. The van der Waals surface area contributed by atoms with Crippen molar-refractivity contribution in [2.45, 2.75) is 51.9 Å². The molecule has 0 heterocycles. The maximum absolute atomic E-state index is 12.5. The van der Waals surface area contributed by atoms with Crippen molar-refractivity contribution in [1.82, 2.24) is 0 Å². The van der Waals surface area contributed by atoms with Gasteiger partial charge in [-0.1, -0.05) is 81.8 Å². The third-order valence-electron chi connectivity index (χ3n) is 4.58. The second kappa shape index (κ2) is 11.2. The molecule has 0 radical (unpaired) electrons. The van der Waals surface area contributed by atoms with Gasteiger partial charge in [0.1, 0.15) is 0 Å². The normalized spacial score (nSPS) is 10.6. The van der Waals surface area contributed by atoms with Gasteiger partial charge in [0, 0.05) is 0 Å². The lowest BCUT2D eigenvalue weighted by Gasteiger charge is -2.12. The van der Waals surface area contributed by atoms with Gasteiger partial charge >= 0.3 is 11.9 Å². The van der Waals surface area contributed by atoms with Gasteiger partial charge in [-0.25, -0.2) is 9.59 Å². The number of carboxylic acids is 1. The lowest BCUT2D eigenvalue weighted by molar-refractivity contribution is 0.0498. The molecule has 0 aliphatic heterocycles. The molecule has 0 amide bonds. The average molecular weight is 368 g/mol. The minimum Gasteiger partial charge on any atom is -0.478 e. The van der Waals surface area contributed by atoms with E-state index in [1.807, 2.05) is 0 Å². The predicted octanol–water partition coefficient (Wildman–Crippen LogP) is 5.96. The van der Waals surface area contributed by atoms with Crippen LogP contribution in [0.1, 0.15) is 72.6 Å². The summed E-state index contributed by atoms with van der Waals surface area (Å²) in [6, 6.07) is 13.7. The molecule has 2 aromatic rings. The molecule has 4 heteroatoms. The first-order valence-electron chi connectivity index (χ1n) is 9.74. The third kappa shape index (κ3) is 6.24. The van der Waals surface area contributed by atoms with Crippen LogP contribution in [0, 0.1) is 0 Å². The van der Waals surface area contributed by atoms with Crippen molar-refractivity contribution >= 4 is 11.9 Å². The number of hydrogen-bond donors (Lipinski definition) is 1. The minimum absolute atomic E-state index is 0.171. The van der Waals surface area contributed by atoms with Gasteiger partial charge in [0.25, 0.3) is 0 Å². The van der Waals surface area contributed by atoms with Crippen LogP contribution in [0.5, 0.6) is 0 Å². The smallest absolute Gasteiger partial charge is 0.338 e. The van der Waals surface area contributed by atoms with E-state index in [-0.39, 0.29) is 5.56 Å². The number of ether oxygens (including phenoxy) is 1. The fourth-order valence-electron chi connectivity index (χ4n) is 3.10. The lowest BCUT2D eigenvalue weighted by Crippen LogP contribution is -2.09. The van der Waals surface area contributed by atoms with E-state index in [2.05, 4.69) is 6.92 Å². The first kappa shape index (κ1) is 20.7. The van der Waals surface area contributed by atoms with Crippen molar-refractivity contribution in [2.24, 2.45) is 0 Å². The molecular weight excluding hydrogens is 340 g/mol. The van der Waals surface area contributed by atoms with E-state index in [0.717, 1.165) is 12.8 Å². The van der Waals surface area contributed by atoms with Crippen molar-refractivity contribution in [3.63, 3.8) is 0 Å². The van der Waals surface area contributed by atoms with Crippen LogP contribution < -0.4 is 0 Å². The molecule has 0 unspecified atom stereocenters. The number of unbranched alkanes of at least 4 members (excludes halogenated alkanes) is 6. The molecule has 0 bridgehead atoms. The standard InChI is InChI=1S/C23H28O4/c1-2-3-4-5-6-7-12-17-27-23(26)21-16-11-9-14-19(21)18-13-8-10-15-20(18)22(24)25/h8-11,13-16H,2-7,12,17H2,1H3,(H,24,25). The quantitative estimate of drug-likeness (QED) is 0.393. The van der Waals surface area contributed by atoms with Crippen LogP contribution in [-0.2, 0) is 4.74 Å². The van der Waals surface area contributed by atoms with Crippen molar-refractivity contribution < 1.29 is 19.4 Å². The Bertz CT molecular complexity index is 752. The lowest BCUT2D eigenvalue weighted by atomic mass is 9.95. The monoisotopic (exact) mass is 368 g/mol. The number of benzene rings is 2. The van der Waals surface area contributed by atoms with E-state index in [9.17, 15) is 14.7 Å². The minimum atomic E-state index is -1.02. The molecule has 27 heavy (non-hydrogen) atoms. The van der Waals surface area contributed by atoms with Gasteiger partial charge in [0.05, 0.1) is 17.7 Å². The van der Waals surface area contributed by atoms with Gasteiger partial charge in [-0.05, 0) is 29.7 Å². The molecule has 1 N–H and O–H groups in total. The van der Waals surface area contributed by atoms with Gasteiger partial charge in [-0.15, -0.1) is 0 Å². The Labute approximate surface area is 161 Å². The third-order valence-corrected chi connectivity index (χ3v) is 4.58. The zero-order valence-corrected chi connectivity index (χ0v) is 15.9. The van der Waals surface area contributed by atoms with E-state index >= 15 is 0 Å². The summed E-state index contributed by atoms with van der Waals surface area (Å²) in [4.78, 5) is 24.0. The second-order valence-electron chi connectivity index (χ2n) is 6.65. The van der Waals surface area contributed by atoms with Gasteiger partial charge in [-0.3, -0.25) is 0 Å². The summed E-state index contributed by atoms with van der Waals surface area (Å²) >= 11 is 0. The van der Waals surface area contributed by atoms with E-state index < -0.39 is 11.9 Å². The summed E-state index contributed by atoms with van der Waals surface area (Å²) in [5, 5.41) is 9.42. The van der Waals surface area contributed by atoms with E-state index in [1.54, 1.807) is 48.5 Å². The second-order valence-corrected chi connectivity index (χ2v) is 6.65. The summed E-state index contributed by atoms with van der Waals surface area (Å²) < 4.78 is 5.43. The molecule has 0 fully saturated rings. The zero-order valence-electron chi connectivity index (χ0n) is 15.9. The first-order valence-corrected chi connectivity index (χ1v) is 9.74. The molecule has 0 saturated heterocycles. The summed E-state index contributed by atoms with van der Waals surface area (Å²) in [6.07, 6.45) is 8.10. The highest BCUT2D eigenvalue weighted by atomic mass is 16.5. The fourth-order valence-corrected chi connectivity index (χ4v) is 3.10. The molecule has 4 nitrogen and oxygen atoms in total. The van der Waals surface area contributed by atoms with Gasteiger partial charge in [0.2, 0.25) is 0 Å². The van der Waals surface area contributed by atoms with Crippen LogP contribution in [-0.4, -0.2) is 23.7 Å². The Morgan fingerprint density at radius 2 is 1.30 bits per heavy atom. The number of hydrogen-bond acceptors (Lipinski definition) is 3. The number of carbonyl (C=O) groups excluding carboxylic acids is 1. The van der Waals surface area contributed by atoms with Crippen LogP contribution in [0.15, 0.2) is 48.5 Å². The number of rotatable bonds is 11. The molecule has 2 aromatic carbocycles. The van der Waals surface area contributed by atoms with Gasteiger partial charge in [-0.2, -0.15) is 0 Å². The molecule has 0 atom stereocenters. The van der Waals surface area contributed by atoms with Crippen molar-refractivity contribution in [3.05, 3.63) is 59.7 Å². The zero-order chi connectivity index (χ0) is 19.5. The van der Waals surface area contributed by atoms with Crippen LogP contribution in [0.25, 0.3) is 11.1 Å². The molecule has 0 aromatic heterocycles. The van der Waals surface area contributed by atoms with Crippen molar-refractivity contribution in [2.75, 3.05) is 6.61 Å². The van der Waals surface area contributed by atoms with Crippen molar-refractivity contribution in [1.29, 1.82) is 0 Å². The highest BCUT2D eigenvalue weighted by molar-refractivity contribution is 6.02.